The summed E-state index contributed by atoms with van der Waals surface area (Å²) < 4.78 is 35.3. The number of aromatic nitrogens is 5. The number of oxazole rings is 1. The molecule has 3 aromatic heterocycles. The van der Waals surface area contributed by atoms with Gasteiger partial charge in [-0.15, -0.1) is 11.8 Å². The Balaban J connectivity index is 0.000000793. The minimum absolute atomic E-state index is 0.301. The molecule has 8 heterocycles. The highest BCUT2D eigenvalue weighted by Gasteiger charge is 2.19. The number of aromatic amines is 2. The quantitative estimate of drug-likeness (QED) is 0.130. The van der Waals surface area contributed by atoms with Crippen LogP contribution in [0.2, 0.25) is 0 Å². The van der Waals surface area contributed by atoms with Gasteiger partial charge in [-0.25, -0.2) is 14.4 Å². The maximum absolute atomic E-state index is 11.1. The van der Waals surface area contributed by atoms with E-state index in [-0.39, 0.29) is 0 Å². The summed E-state index contributed by atoms with van der Waals surface area (Å²) in [6, 6.07) is 88.5. The van der Waals surface area contributed by atoms with Crippen molar-refractivity contribution in [3.63, 3.8) is 0 Å². The summed E-state index contributed by atoms with van der Waals surface area (Å²) in [5, 5.41) is 10.6. The van der Waals surface area contributed by atoms with E-state index in [0.29, 0.717) is 64.9 Å². The molecule has 0 atom stereocenters. The largest absolute Gasteiger partial charge is 0.493 e. The van der Waals surface area contributed by atoms with E-state index in [1.807, 2.05) is 163 Å². The minimum Gasteiger partial charge on any atom is -0.493 e. The Morgan fingerprint density at radius 1 is 0.293 bits per heavy atom. The lowest BCUT2D eigenvalue weighted by atomic mass is 9.89. The van der Waals surface area contributed by atoms with E-state index in [4.69, 9.17) is 28.1 Å². The molecule has 15 nitrogen and oxygen atoms in total. The van der Waals surface area contributed by atoms with Crippen LogP contribution >= 0.6 is 11.8 Å². The number of nitrogens with zero attached hydrogens (tertiary/aromatic N) is 3. The first kappa shape index (κ1) is 136. The van der Waals surface area contributed by atoms with E-state index >= 15 is 0 Å². The van der Waals surface area contributed by atoms with Crippen LogP contribution in [0.25, 0.3) is 33.2 Å². The van der Waals surface area contributed by atoms with Crippen LogP contribution in [0.3, 0.4) is 0 Å². The number of benzene rings is 11. The summed E-state index contributed by atoms with van der Waals surface area (Å²) >= 11 is 1.97. The van der Waals surface area contributed by atoms with Crippen LogP contribution in [0.1, 0.15) is 331 Å². The van der Waals surface area contributed by atoms with Crippen molar-refractivity contribution < 1.29 is 37.5 Å². The van der Waals surface area contributed by atoms with Crippen molar-refractivity contribution in [2.75, 3.05) is 44.2 Å². The number of H-pyrrole nitrogens is 2. The molecule has 150 heavy (non-hydrogen) atoms. The van der Waals surface area contributed by atoms with Crippen LogP contribution in [0, 0.1) is 62.6 Å². The molecule has 0 amide bonds. The summed E-state index contributed by atoms with van der Waals surface area (Å²) in [4.78, 5) is 32.7. The Kier molecular flexibility index (Phi) is 69.1. The number of hydrogen-bond donors (Lipinski definition) is 3. The van der Waals surface area contributed by atoms with Gasteiger partial charge < -0.3 is 38.4 Å². The van der Waals surface area contributed by atoms with Gasteiger partial charge in [0.15, 0.2) is 34.4 Å². The van der Waals surface area contributed by atoms with Crippen molar-refractivity contribution in [3.05, 3.63) is 334 Å². The molecule has 0 radical (unpaired) electrons. The number of aryl methyl sites for hydroxylation is 6. The second kappa shape index (κ2) is 76.0. The Morgan fingerprint density at radius 3 is 1.01 bits per heavy atom. The zero-order valence-corrected chi connectivity index (χ0v) is 101. The predicted molar refractivity (Wildman–Crippen MR) is 650 cm³/mol. The first-order valence-corrected chi connectivity index (χ1v) is 55.6. The van der Waals surface area contributed by atoms with Gasteiger partial charge in [-0.2, -0.15) is 0 Å². The van der Waals surface area contributed by atoms with Crippen LogP contribution in [0.5, 0.6) is 28.7 Å². The summed E-state index contributed by atoms with van der Waals surface area (Å²) in [6.07, 6.45) is 13.4. The minimum atomic E-state index is -0.402. The van der Waals surface area contributed by atoms with Gasteiger partial charge in [-0.3, -0.25) is 9.78 Å². The number of ketones is 1. The lowest BCUT2D eigenvalue weighted by Crippen LogP contribution is -2.14. The van der Waals surface area contributed by atoms with Gasteiger partial charge in [0, 0.05) is 41.3 Å². The van der Waals surface area contributed by atoms with Crippen LogP contribution in [-0.2, 0) is 51.4 Å². The fraction of sp³-hybridized carbons (Fsp3) is 0.485. The summed E-state index contributed by atoms with van der Waals surface area (Å²) in [7, 11) is 0. The first-order chi connectivity index (χ1) is 70.3. The number of carbonyl (C=O) groups is 1. The van der Waals surface area contributed by atoms with Gasteiger partial charge >= 0.3 is 5.76 Å². The number of rotatable bonds is 0. The lowest BCUT2D eigenvalue weighted by Gasteiger charge is -2.17. The standard InChI is InChI=1S/C9H8O.C9H10.C8H9N.C8H8O2.C8H8O.C8H8S.C8H8.C7H6N2.C7H5NO2.C7H6O2.C6H4N2O.5C5H12.6C4H10/c10-9-6-5-7-3-1-2-4-8(7)9;1-2-5-9-7-3-6-8(9)4-1;1-2-4-8-7(3-1)5-6-9-8;1-2-4-8-7(3-1)9-5-6-10-8;2*1-2-4-8-7(3-1)5-6-9-8;1-2-4-8-6-5-7(8)3-1;1-2-4-7-6(3-1)8-5-9-7;9-7-8-5-3-1-2-4-6(5)10-7;1-2-4-7-6(3-1)8-5-9-7;1-2-4-6-5(3-1)7-9-8-6;5*1-5(2,3)4;6*1-4(2)3/h1-4H,5-6H2;1-2,4-5H,3,6-7H2;1-4,9H,5-6H2;1-4H,5-6H2;2*1-4H,5-6H2;1-4H,5-6H2;1-5H,(H,8,9);1-4H,(H,8,9);1-4H,5H2;1-4H;5*1-4H3;6*4H,1-3H3. The average molecular weight is 2070 g/mol. The van der Waals surface area contributed by atoms with E-state index in [9.17, 15) is 9.59 Å². The van der Waals surface area contributed by atoms with E-state index in [1.54, 1.807) is 40.7 Å². The Hall–Kier alpha value is -11.6. The highest BCUT2D eigenvalue weighted by atomic mass is 32.2. The number of imidazole rings is 1. The van der Waals surface area contributed by atoms with Crippen LogP contribution in [0.15, 0.2) is 292 Å². The molecular formula is C134H200N6O9S. The highest BCUT2D eigenvalue weighted by Crippen LogP contribution is 2.33. The topological polar surface area (TPSA) is 189 Å². The number of thioether (sulfide) groups is 1. The molecule has 22 rings (SSSR count). The summed E-state index contributed by atoms with van der Waals surface area (Å²) in [6.45, 7) is 86.4. The zero-order chi connectivity index (χ0) is 113. The fourth-order valence-corrected chi connectivity index (χ4v) is 12.9. The molecule has 14 aromatic rings. The Morgan fingerprint density at radius 2 is 0.620 bits per heavy atom. The fourth-order valence-electron chi connectivity index (χ4n) is 11.9. The summed E-state index contributed by atoms with van der Waals surface area (Å²) in [5.41, 5.74) is 21.6. The molecule has 0 spiro atoms. The molecule has 8 aliphatic rings. The highest BCUT2D eigenvalue weighted by molar-refractivity contribution is 7.99. The zero-order valence-electron chi connectivity index (χ0n) is 100. The predicted octanol–water partition coefficient (Wildman–Crippen LogP) is 38.4. The number of Topliss-reactive ketones (excluding diaryl/α,β-unsaturated/α-hetero) is 1. The number of nitrogens with one attached hydrogen (secondary N) is 3. The second-order valence-electron chi connectivity index (χ2n) is 49.3. The molecule has 0 saturated carbocycles. The van der Waals surface area contributed by atoms with Crippen LogP contribution in [-0.4, -0.2) is 70.0 Å². The SMILES string of the molecule is CC(C)(C)C.CC(C)(C)C.CC(C)(C)C.CC(C)(C)C.CC(C)(C)C.CC(C)C.CC(C)C.CC(C)C.CC(C)C.CC(C)C.CC(C)C.O=C1CCc2ccccc21.O=c1[nH]c2ccccc2o1.c1ccc2[nH]cnc2c1.c1ccc2c(c1)CC2.c1ccc2c(c1)CCC2.c1ccc2c(c1)CCN2.c1ccc2c(c1)CCO2.c1ccc2c(c1)CCS2.c1ccc2c(c1)OCCO2.c1ccc2c(c1)OCO2.c1ccc2nonc2c1. The molecule has 3 N–H and O–H groups in total. The monoisotopic (exact) mass is 2070 g/mol. The number of carbonyl (C=O) groups excluding carboxylic acids is 1. The molecule has 5 aliphatic heterocycles. The molecule has 3 aliphatic carbocycles. The van der Waals surface area contributed by atoms with Gasteiger partial charge in [-0.1, -0.05) is 451 Å². The van der Waals surface area contributed by atoms with Gasteiger partial charge in [0.25, 0.3) is 0 Å². The second-order valence-corrected chi connectivity index (χ2v) is 50.4. The third kappa shape index (κ3) is 76.8. The average Bonchev–Trinajstić information content (AvgIpc) is 1.39. The van der Waals surface area contributed by atoms with E-state index in [0.717, 1.165) is 123 Å². The molecule has 16 heteroatoms. The Labute approximate surface area is 914 Å². The number of para-hydroxylation sites is 10. The van der Waals surface area contributed by atoms with Gasteiger partial charge in [-0.05, 0) is 248 Å². The smallest absolute Gasteiger partial charge is 0.417 e. The van der Waals surface area contributed by atoms with E-state index < -0.39 is 5.76 Å². The molecule has 826 valence electrons. The van der Waals surface area contributed by atoms with E-state index in [1.165, 1.54) is 83.5 Å². The molecule has 0 bridgehead atoms. The van der Waals surface area contributed by atoms with Gasteiger partial charge in [0.1, 0.15) is 30.0 Å². The summed E-state index contributed by atoms with van der Waals surface area (Å²) in [5.74, 6) is 10.6. The van der Waals surface area contributed by atoms with Crippen molar-refractivity contribution >= 4 is 56.4 Å². The van der Waals surface area contributed by atoms with Gasteiger partial charge in [0.05, 0.1) is 29.5 Å². The molecular weight excluding hydrogens is 1870 g/mol. The lowest BCUT2D eigenvalue weighted by molar-refractivity contribution is 0.0994. The molecule has 0 fully saturated rings. The Bertz CT molecular complexity index is 5080. The van der Waals surface area contributed by atoms with Crippen molar-refractivity contribution in [3.8, 4) is 28.7 Å². The third-order valence-corrected chi connectivity index (χ3v) is 18.3. The molecule has 0 saturated heterocycles. The maximum atomic E-state index is 11.1. The normalized spacial score (nSPS) is 12.6. The number of ether oxygens (including phenoxy) is 5. The van der Waals surface area contributed by atoms with Crippen molar-refractivity contribution in [2.45, 2.75) is 332 Å². The maximum Gasteiger partial charge on any atom is 0.417 e. The number of hydrogen-bond acceptors (Lipinski definition) is 14. The van der Waals surface area contributed by atoms with Crippen LogP contribution < -0.4 is 34.8 Å². The van der Waals surface area contributed by atoms with Crippen molar-refractivity contribution in [1.29, 1.82) is 0 Å². The van der Waals surface area contributed by atoms with E-state index in [2.05, 4.69) is 401 Å². The first-order valence-electron chi connectivity index (χ1n) is 54.6. The number of fused-ring (bicyclic) bond motifs is 11. The number of anilines is 1. The molecule has 0 unspecified atom stereocenters. The van der Waals surface area contributed by atoms with Crippen molar-refractivity contribution in [2.24, 2.45) is 62.6 Å². The third-order valence-electron chi connectivity index (χ3n) is 17.2. The van der Waals surface area contributed by atoms with Crippen molar-refractivity contribution in [1.82, 2.24) is 25.3 Å². The van der Waals surface area contributed by atoms with Crippen LogP contribution in [0.4, 0.5) is 5.69 Å². The molecule has 11 aromatic carbocycles. The van der Waals surface area contributed by atoms with Gasteiger partial charge in [0.2, 0.25) is 6.79 Å².